The Kier molecular flexibility index (Phi) is 6.27. The van der Waals surface area contributed by atoms with Gasteiger partial charge in [-0.25, -0.2) is 4.98 Å². The molecule has 0 aromatic carbocycles. The van der Waals surface area contributed by atoms with E-state index < -0.39 is 17.6 Å². The third-order valence-electron chi connectivity index (χ3n) is 4.72. The number of thiophene rings is 1. The van der Waals surface area contributed by atoms with Crippen molar-refractivity contribution in [2.24, 2.45) is 0 Å². The standard InChI is InChI=1S/C18H22F3N5O2S/c1-3-23-14(27)9-25-4-6-26(7-5-25)13-8-12(18(19,20)21)16-15(24-13)11(10-29-16)17(28)22-2/h8,10H,3-7,9H2,1-2H3,(H,22,28)(H,23,27). The molecule has 2 N–H and O–H groups in total. The quantitative estimate of drug-likeness (QED) is 0.760. The van der Waals surface area contributed by atoms with Gasteiger partial charge in [0.2, 0.25) is 5.91 Å². The van der Waals surface area contributed by atoms with E-state index in [9.17, 15) is 22.8 Å². The van der Waals surface area contributed by atoms with Gasteiger partial charge in [0.1, 0.15) is 5.82 Å². The Balaban J connectivity index is 1.88. The van der Waals surface area contributed by atoms with Crippen molar-refractivity contribution < 1.29 is 22.8 Å². The first-order valence-corrected chi connectivity index (χ1v) is 10.1. The molecule has 1 aliphatic heterocycles. The summed E-state index contributed by atoms with van der Waals surface area (Å²) in [5.41, 5.74) is -0.596. The van der Waals surface area contributed by atoms with Crippen LogP contribution in [-0.2, 0) is 11.0 Å². The Morgan fingerprint density at radius 3 is 2.52 bits per heavy atom. The lowest BCUT2D eigenvalue weighted by molar-refractivity contribution is -0.136. The summed E-state index contributed by atoms with van der Waals surface area (Å²) in [4.78, 5) is 31.9. The lowest BCUT2D eigenvalue weighted by Crippen LogP contribution is -2.49. The number of halogens is 3. The van der Waals surface area contributed by atoms with Crippen LogP contribution in [0, 0.1) is 0 Å². The second-order valence-corrected chi connectivity index (χ2v) is 7.53. The third-order valence-corrected chi connectivity index (χ3v) is 5.73. The predicted octanol–water partition coefficient (Wildman–Crippen LogP) is 1.93. The Labute approximate surface area is 169 Å². The second kappa shape index (κ2) is 8.54. The zero-order valence-corrected chi connectivity index (χ0v) is 16.9. The molecule has 0 saturated carbocycles. The van der Waals surface area contributed by atoms with Gasteiger partial charge in [0.15, 0.2) is 0 Å². The largest absolute Gasteiger partial charge is 0.417 e. The summed E-state index contributed by atoms with van der Waals surface area (Å²) in [6.07, 6.45) is -4.55. The van der Waals surface area contributed by atoms with Gasteiger partial charge in [0.05, 0.1) is 27.9 Å². The van der Waals surface area contributed by atoms with Crippen LogP contribution < -0.4 is 15.5 Å². The minimum absolute atomic E-state index is 0.0466. The van der Waals surface area contributed by atoms with Crippen molar-refractivity contribution in [3.8, 4) is 0 Å². The molecule has 0 spiro atoms. The van der Waals surface area contributed by atoms with E-state index in [4.69, 9.17) is 0 Å². The maximum atomic E-state index is 13.6. The number of anilines is 1. The summed E-state index contributed by atoms with van der Waals surface area (Å²) in [7, 11) is 1.42. The molecule has 2 aromatic rings. The minimum Gasteiger partial charge on any atom is -0.355 e. The molecule has 0 atom stereocenters. The van der Waals surface area contributed by atoms with Crippen molar-refractivity contribution in [1.29, 1.82) is 0 Å². The molecule has 0 unspecified atom stereocenters. The molecule has 0 radical (unpaired) electrons. The molecule has 0 bridgehead atoms. The molecule has 0 aliphatic carbocycles. The highest BCUT2D eigenvalue weighted by Crippen LogP contribution is 2.40. The van der Waals surface area contributed by atoms with E-state index >= 15 is 0 Å². The number of amides is 2. The van der Waals surface area contributed by atoms with E-state index in [0.29, 0.717) is 32.7 Å². The van der Waals surface area contributed by atoms with Gasteiger partial charge in [-0.3, -0.25) is 14.5 Å². The maximum absolute atomic E-state index is 13.6. The number of carbonyl (C=O) groups is 2. The molecule has 3 heterocycles. The van der Waals surface area contributed by atoms with Crippen molar-refractivity contribution in [3.05, 3.63) is 22.6 Å². The van der Waals surface area contributed by atoms with Crippen LogP contribution >= 0.6 is 11.3 Å². The van der Waals surface area contributed by atoms with Crippen LogP contribution in [0.1, 0.15) is 22.8 Å². The van der Waals surface area contributed by atoms with Crippen LogP contribution in [0.4, 0.5) is 19.0 Å². The van der Waals surface area contributed by atoms with E-state index in [2.05, 4.69) is 15.6 Å². The summed E-state index contributed by atoms with van der Waals surface area (Å²) in [6, 6.07) is 1.05. The number of alkyl halides is 3. The van der Waals surface area contributed by atoms with Crippen LogP contribution in [-0.4, -0.2) is 68.0 Å². The SMILES string of the molecule is CCNC(=O)CN1CCN(c2cc(C(F)(F)F)c3scc(C(=O)NC)c3n2)CC1. The van der Waals surface area contributed by atoms with Gasteiger partial charge in [0, 0.05) is 45.2 Å². The molecule has 29 heavy (non-hydrogen) atoms. The van der Waals surface area contributed by atoms with Crippen molar-refractivity contribution >= 4 is 39.2 Å². The molecule has 7 nitrogen and oxygen atoms in total. The fourth-order valence-electron chi connectivity index (χ4n) is 3.25. The number of nitrogens with one attached hydrogen (secondary N) is 2. The first-order chi connectivity index (χ1) is 13.7. The summed E-state index contributed by atoms with van der Waals surface area (Å²) in [5, 5.41) is 6.57. The monoisotopic (exact) mass is 429 g/mol. The van der Waals surface area contributed by atoms with Crippen LogP contribution in [0.3, 0.4) is 0 Å². The number of likely N-dealkylation sites (N-methyl/N-ethyl adjacent to an activating group) is 1. The first kappa shape index (κ1) is 21.3. The van der Waals surface area contributed by atoms with Crippen molar-refractivity contribution in [3.63, 3.8) is 0 Å². The topological polar surface area (TPSA) is 77.6 Å². The number of aromatic nitrogens is 1. The Hall–Kier alpha value is -2.40. The number of rotatable bonds is 5. The lowest BCUT2D eigenvalue weighted by atomic mass is 10.1. The number of fused-ring (bicyclic) bond motifs is 1. The Bertz CT molecular complexity index is 907. The van der Waals surface area contributed by atoms with E-state index in [1.165, 1.54) is 12.4 Å². The highest BCUT2D eigenvalue weighted by molar-refractivity contribution is 7.17. The molecular weight excluding hydrogens is 407 g/mol. The number of nitrogens with zero attached hydrogens (tertiary/aromatic N) is 3. The van der Waals surface area contributed by atoms with Gasteiger partial charge in [-0.15, -0.1) is 11.3 Å². The average molecular weight is 429 g/mol. The number of pyridine rings is 1. The number of hydrogen-bond acceptors (Lipinski definition) is 6. The van der Waals surface area contributed by atoms with E-state index in [1.807, 2.05) is 11.8 Å². The summed E-state index contributed by atoms with van der Waals surface area (Å²) < 4.78 is 40.9. The fraction of sp³-hybridized carbons (Fsp3) is 0.500. The first-order valence-electron chi connectivity index (χ1n) is 9.20. The molecule has 11 heteroatoms. The van der Waals surface area contributed by atoms with Crippen LogP contribution in [0.5, 0.6) is 0 Å². The zero-order valence-electron chi connectivity index (χ0n) is 16.1. The van der Waals surface area contributed by atoms with E-state index in [1.54, 1.807) is 4.90 Å². The van der Waals surface area contributed by atoms with Gasteiger partial charge in [-0.05, 0) is 13.0 Å². The van der Waals surface area contributed by atoms with Gasteiger partial charge in [0.25, 0.3) is 5.91 Å². The maximum Gasteiger partial charge on any atom is 0.417 e. The summed E-state index contributed by atoms with van der Waals surface area (Å²) >= 11 is 0.864. The van der Waals surface area contributed by atoms with Gasteiger partial charge in [-0.2, -0.15) is 13.2 Å². The van der Waals surface area contributed by atoms with Crippen molar-refractivity contribution in [2.75, 3.05) is 51.2 Å². The normalized spacial score (nSPS) is 15.6. The fourth-order valence-corrected chi connectivity index (χ4v) is 4.28. The minimum atomic E-state index is -4.55. The van der Waals surface area contributed by atoms with E-state index in [-0.39, 0.29) is 34.0 Å². The highest BCUT2D eigenvalue weighted by Gasteiger charge is 2.36. The molecule has 1 saturated heterocycles. The zero-order chi connectivity index (χ0) is 21.2. The summed E-state index contributed by atoms with van der Waals surface area (Å²) in [6.45, 7) is 4.59. The number of piperazine rings is 1. The molecule has 1 fully saturated rings. The van der Waals surface area contributed by atoms with Crippen molar-refractivity contribution in [1.82, 2.24) is 20.5 Å². The predicted molar refractivity (Wildman–Crippen MR) is 105 cm³/mol. The number of hydrogen-bond donors (Lipinski definition) is 2. The molecular formula is C18H22F3N5O2S. The third kappa shape index (κ3) is 4.61. The van der Waals surface area contributed by atoms with E-state index in [0.717, 1.165) is 17.4 Å². The van der Waals surface area contributed by atoms with Gasteiger partial charge < -0.3 is 15.5 Å². The molecule has 1 aliphatic rings. The highest BCUT2D eigenvalue weighted by atomic mass is 32.1. The lowest BCUT2D eigenvalue weighted by Gasteiger charge is -2.35. The summed E-state index contributed by atoms with van der Waals surface area (Å²) in [5.74, 6) is -0.361. The Morgan fingerprint density at radius 1 is 1.24 bits per heavy atom. The molecule has 3 rings (SSSR count). The van der Waals surface area contributed by atoms with Gasteiger partial charge in [-0.1, -0.05) is 0 Å². The Morgan fingerprint density at radius 2 is 1.93 bits per heavy atom. The van der Waals surface area contributed by atoms with Crippen LogP contribution in [0.15, 0.2) is 11.4 Å². The average Bonchev–Trinajstić information content (AvgIpc) is 3.10. The molecule has 158 valence electrons. The molecule has 2 amide bonds. The second-order valence-electron chi connectivity index (χ2n) is 6.65. The number of carbonyl (C=O) groups excluding carboxylic acids is 2. The van der Waals surface area contributed by atoms with Crippen LogP contribution in [0.2, 0.25) is 0 Å². The molecule has 2 aromatic heterocycles. The van der Waals surface area contributed by atoms with Gasteiger partial charge >= 0.3 is 6.18 Å². The smallest absolute Gasteiger partial charge is 0.355 e. The van der Waals surface area contributed by atoms with Crippen LogP contribution in [0.25, 0.3) is 10.2 Å². The van der Waals surface area contributed by atoms with Crippen molar-refractivity contribution in [2.45, 2.75) is 13.1 Å².